The fraction of sp³-hybridized carbons (Fsp3) is 0.211. The average molecular weight is 388 g/mol. The first-order chi connectivity index (χ1) is 12.9. The van der Waals surface area contributed by atoms with Crippen molar-refractivity contribution < 1.29 is 22.4 Å². The van der Waals surface area contributed by atoms with Crippen LogP contribution in [0.5, 0.6) is 5.75 Å². The molecule has 142 valence electrons. The minimum atomic E-state index is -3.70. The van der Waals surface area contributed by atoms with Crippen molar-refractivity contribution in [1.29, 1.82) is 0 Å². The van der Waals surface area contributed by atoms with Crippen LogP contribution in [0.25, 0.3) is 11.0 Å². The van der Waals surface area contributed by atoms with E-state index < -0.39 is 10.0 Å². The highest BCUT2D eigenvalue weighted by molar-refractivity contribution is 7.89. The van der Waals surface area contributed by atoms with Gasteiger partial charge in [-0.1, -0.05) is 24.3 Å². The van der Waals surface area contributed by atoms with E-state index in [0.717, 1.165) is 10.9 Å². The maximum absolute atomic E-state index is 12.3. The fourth-order valence-electron chi connectivity index (χ4n) is 2.67. The lowest BCUT2D eigenvalue weighted by molar-refractivity contribution is 0.0928. The first-order valence-electron chi connectivity index (χ1n) is 8.44. The molecule has 0 aliphatic heterocycles. The van der Waals surface area contributed by atoms with Crippen LogP contribution in [0.1, 0.15) is 23.0 Å². The Balaban J connectivity index is 1.62. The van der Waals surface area contributed by atoms with Gasteiger partial charge in [0.15, 0.2) is 17.1 Å². The van der Waals surface area contributed by atoms with Gasteiger partial charge >= 0.3 is 0 Å². The van der Waals surface area contributed by atoms with Gasteiger partial charge in [-0.2, -0.15) is 0 Å². The number of para-hydroxylation sites is 1. The molecule has 8 heteroatoms. The molecule has 0 fully saturated rings. The number of furan rings is 1. The normalized spacial score (nSPS) is 11.5. The minimum absolute atomic E-state index is 0.0580. The second-order valence-electron chi connectivity index (χ2n) is 5.91. The Morgan fingerprint density at radius 1 is 1.19 bits per heavy atom. The molecule has 0 atom stereocenters. The summed E-state index contributed by atoms with van der Waals surface area (Å²) in [6.45, 7) is 2.76. The summed E-state index contributed by atoms with van der Waals surface area (Å²) in [5, 5.41) is 8.65. The van der Waals surface area contributed by atoms with E-state index in [1.807, 2.05) is 19.1 Å². The largest absolute Gasteiger partial charge is 0.490 e. The lowest BCUT2D eigenvalue weighted by Crippen LogP contribution is -2.25. The van der Waals surface area contributed by atoms with Crippen molar-refractivity contribution in [1.82, 2.24) is 5.32 Å². The summed E-state index contributed by atoms with van der Waals surface area (Å²) in [6, 6.07) is 13.4. The number of rotatable bonds is 7. The number of hydrogen-bond donors (Lipinski definition) is 2. The van der Waals surface area contributed by atoms with Crippen LogP contribution in [0.3, 0.4) is 0 Å². The number of nitrogens with one attached hydrogen (secondary N) is 1. The van der Waals surface area contributed by atoms with Crippen LogP contribution in [-0.4, -0.2) is 27.5 Å². The summed E-state index contributed by atoms with van der Waals surface area (Å²) in [5.41, 5.74) is 1.43. The Labute approximate surface area is 157 Å². The predicted molar refractivity (Wildman–Crippen MR) is 101 cm³/mol. The van der Waals surface area contributed by atoms with Crippen LogP contribution in [0.2, 0.25) is 0 Å². The van der Waals surface area contributed by atoms with Gasteiger partial charge in [0.2, 0.25) is 10.0 Å². The number of carbonyl (C=O) groups is 1. The molecule has 2 aromatic carbocycles. The summed E-state index contributed by atoms with van der Waals surface area (Å²) in [6.07, 6.45) is 0.543. The summed E-state index contributed by atoms with van der Waals surface area (Å²) in [7, 11) is -3.70. The quantitative estimate of drug-likeness (QED) is 0.646. The molecule has 0 radical (unpaired) electrons. The van der Waals surface area contributed by atoms with E-state index in [0.29, 0.717) is 30.9 Å². The molecule has 3 rings (SSSR count). The van der Waals surface area contributed by atoms with Gasteiger partial charge in [-0.05, 0) is 43.2 Å². The first-order valence-corrected chi connectivity index (χ1v) is 9.98. The maximum atomic E-state index is 12.3. The predicted octanol–water partition coefficient (Wildman–Crippen LogP) is 2.45. The number of fused-ring (bicyclic) bond motifs is 1. The minimum Gasteiger partial charge on any atom is -0.490 e. The van der Waals surface area contributed by atoms with Crippen LogP contribution in [0.4, 0.5) is 0 Å². The molecular weight excluding hydrogens is 368 g/mol. The van der Waals surface area contributed by atoms with E-state index in [4.69, 9.17) is 14.3 Å². The molecule has 0 aliphatic rings. The number of amides is 1. The molecule has 1 amide bonds. The lowest BCUT2D eigenvalue weighted by Gasteiger charge is -2.05. The Morgan fingerprint density at radius 3 is 2.59 bits per heavy atom. The molecule has 0 bridgehead atoms. The smallest absolute Gasteiger partial charge is 0.287 e. The Hall–Kier alpha value is -2.84. The molecule has 0 saturated heterocycles. The van der Waals surface area contributed by atoms with Crippen LogP contribution in [0, 0.1) is 0 Å². The van der Waals surface area contributed by atoms with E-state index >= 15 is 0 Å². The SMILES string of the molecule is CCOc1cccc2cc(C(=O)NCCc3ccc(S(N)(=O)=O)cc3)oc12. The summed E-state index contributed by atoms with van der Waals surface area (Å²) in [5.74, 6) is 0.487. The highest BCUT2D eigenvalue weighted by Crippen LogP contribution is 2.28. The van der Waals surface area contributed by atoms with Crippen molar-refractivity contribution in [3.63, 3.8) is 0 Å². The number of sulfonamides is 1. The van der Waals surface area contributed by atoms with E-state index in [9.17, 15) is 13.2 Å². The van der Waals surface area contributed by atoms with Crippen molar-refractivity contribution in [3.05, 3.63) is 59.9 Å². The zero-order valence-electron chi connectivity index (χ0n) is 14.8. The highest BCUT2D eigenvalue weighted by atomic mass is 32.2. The topological polar surface area (TPSA) is 112 Å². The molecule has 3 aromatic rings. The molecule has 7 nitrogen and oxygen atoms in total. The number of nitrogens with two attached hydrogens (primary N) is 1. The van der Waals surface area contributed by atoms with Crippen LogP contribution in [-0.2, 0) is 16.4 Å². The standard InChI is InChI=1S/C19H20N2O5S/c1-2-25-16-5-3-4-14-12-17(26-18(14)16)19(22)21-11-10-13-6-8-15(9-7-13)27(20,23)24/h3-9,12H,2,10-11H2,1H3,(H,21,22)(H2,20,23,24). The molecule has 1 heterocycles. The number of primary sulfonamides is 1. The first kappa shape index (κ1) is 18.9. The average Bonchev–Trinajstić information content (AvgIpc) is 3.07. The Bertz CT molecular complexity index is 1060. The summed E-state index contributed by atoms with van der Waals surface area (Å²) < 4.78 is 33.6. The molecular formula is C19H20N2O5S. The van der Waals surface area contributed by atoms with Crippen molar-refractivity contribution in [2.75, 3.05) is 13.2 Å². The Morgan fingerprint density at radius 2 is 1.93 bits per heavy atom. The van der Waals surface area contributed by atoms with Crippen molar-refractivity contribution in [2.24, 2.45) is 5.14 Å². The van der Waals surface area contributed by atoms with Gasteiger partial charge in [0.1, 0.15) is 0 Å². The van der Waals surface area contributed by atoms with Crippen molar-refractivity contribution >= 4 is 26.9 Å². The van der Waals surface area contributed by atoms with Crippen molar-refractivity contribution in [2.45, 2.75) is 18.2 Å². The van der Waals surface area contributed by atoms with Gasteiger partial charge in [-0.25, -0.2) is 13.6 Å². The van der Waals surface area contributed by atoms with E-state index in [-0.39, 0.29) is 16.6 Å². The molecule has 1 aromatic heterocycles. The highest BCUT2D eigenvalue weighted by Gasteiger charge is 2.14. The van der Waals surface area contributed by atoms with Gasteiger partial charge in [-0.15, -0.1) is 0 Å². The zero-order chi connectivity index (χ0) is 19.4. The van der Waals surface area contributed by atoms with Gasteiger partial charge < -0.3 is 14.5 Å². The number of ether oxygens (including phenoxy) is 1. The molecule has 0 aliphatic carbocycles. The third-order valence-electron chi connectivity index (χ3n) is 3.98. The zero-order valence-corrected chi connectivity index (χ0v) is 15.6. The van der Waals surface area contributed by atoms with E-state index in [1.165, 1.54) is 12.1 Å². The second kappa shape index (κ2) is 7.81. The Kier molecular flexibility index (Phi) is 5.48. The number of benzene rings is 2. The maximum Gasteiger partial charge on any atom is 0.287 e. The third kappa shape index (κ3) is 4.47. The lowest BCUT2D eigenvalue weighted by atomic mass is 10.1. The monoisotopic (exact) mass is 388 g/mol. The van der Waals surface area contributed by atoms with Gasteiger partial charge in [0, 0.05) is 11.9 Å². The molecule has 0 spiro atoms. The van der Waals surface area contributed by atoms with Crippen LogP contribution >= 0.6 is 0 Å². The molecule has 0 unspecified atom stereocenters. The molecule has 3 N–H and O–H groups in total. The number of carbonyl (C=O) groups excluding carboxylic acids is 1. The molecule has 27 heavy (non-hydrogen) atoms. The number of hydrogen-bond acceptors (Lipinski definition) is 5. The summed E-state index contributed by atoms with van der Waals surface area (Å²) >= 11 is 0. The van der Waals surface area contributed by atoms with Crippen molar-refractivity contribution in [3.8, 4) is 5.75 Å². The summed E-state index contributed by atoms with van der Waals surface area (Å²) in [4.78, 5) is 12.4. The third-order valence-corrected chi connectivity index (χ3v) is 4.91. The molecule has 0 saturated carbocycles. The van der Waals surface area contributed by atoms with Crippen LogP contribution < -0.4 is 15.2 Å². The van der Waals surface area contributed by atoms with E-state index in [2.05, 4.69) is 5.32 Å². The van der Waals surface area contributed by atoms with Crippen LogP contribution in [0.15, 0.2) is 57.8 Å². The van der Waals surface area contributed by atoms with E-state index in [1.54, 1.807) is 24.3 Å². The van der Waals surface area contributed by atoms with Gasteiger partial charge in [0.05, 0.1) is 11.5 Å². The second-order valence-corrected chi connectivity index (χ2v) is 7.47. The van der Waals surface area contributed by atoms with Gasteiger partial charge in [-0.3, -0.25) is 4.79 Å². The van der Waals surface area contributed by atoms with Gasteiger partial charge in [0.25, 0.3) is 5.91 Å². The fourth-order valence-corrected chi connectivity index (χ4v) is 3.19.